The number of unbranched alkanes of at least 4 members (excludes halogenated alkanes) is 1. The molecule has 1 saturated heterocycles. The van der Waals surface area contributed by atoms with Gasteiger partial charge in [-0.3, -0.25) is 9.69 Å². The number of anilines is 1. The summed E-state index contributed by atoms with van der Waals surface area (Å²) in [6.45, 7) is 2.81. The molecule has 3 rings (SSSR count). The van der Waals surface area contributed by atoms with Gasteiger partial charge < -0.3 is 16.4 Å². The minimum Gasteiger partial charge on any atom is -0.349 e. The maximum absolute atomic E-state index is 12.9. The fourth-order valence-corrected chi connectivity index (χ4v) is 3.99. The van der Waals surface area contributed by atoms with E-state index in [1.807, 2.05) is 24.3 Å². The first-order valence-electron chi connectivity index (χ1n) is 10.5. The van der Waals surface area contributed by atoms with E-state index < -0.39 is 11.6 Å². The van der Waals surface area contributed by atoms with Gasteiger partial charge >= 0.3 is 6.03 Å². The van der Waals surface area contributed by atoms with Crippen LogP contribution in [0.5, 0.6) is 0 Å². The molecule has 1 fully saturated rings. The molecule has 0 spiro atoms. The van der Waals surface area contributed by atoms with Crippen molar-refractivity contribution in [1.82, 2.24) is 10.2 Å². The fourth-order valence-electron chi connectivity index (χ4n) is 3.67. The Kier molecular flexibility index (Phi) is 7.81. The number of hydrogen-bond donors (Lipinski definition) is 3. The Bertz CT molecular complexity index is 936. The van der Waals surface area contributed by atoms with Gasteiger partial charge in [0.1, 0.15) is 0 Å². The molecule has 2 aromatic rings. The molecule has 2 aromatic carbocycles. The second kappa shape index (κ2) is 10.4. The van der Waals surface area contributed by atoms with Gasteiger partial charge in [-0.2, -0.15) is 0 Å². The SMILES string of the molecule is CCCCc1ccc(NC(=O)N2CCC[C@@]2(N)C(=O)NCc2ccc(Cl)c(Cl)c2)cc1. The van der Waals surface area contributed by atoms with Crippen molar-refractivity contribution in [1.29, 1.82) is 0 Å². The summed E-state index contributed by atoms with van der Waals surface area (Å²) in [6.07, 6.45) is 4.33. The van der Waals surface area contributed by atoms with Gasteiger partial charge in [0.05, 0.1) is 10.0 Å². The molecule has 1 aliphatic heterocycles. The maximum atomic E-state index is 12.9. The number of carbonyl (C=O) groups is 2. The molecule has 0 saturated carbocycles. The van der Waals surface area contributed by atoms with Crippen LogP contribution < -0.4 is 16.4 Å². The van der Waals surface area contributed by atoms with Crippen molar-refractivity contribution in [2.45, 2.75) is 51.2 Å². The first kappa shape index (κ1) is 23.4. The highest BCUT2D eigenvalue weighted by Crippen LogP contribution is 2.27. The Morgan fingerprint density at radius 1 is 1.10 bits per heavy atom. The molecule has 8 heteroatoms. The topological polar surface area (TPSA) is 87.5 Å². The van der Waals surface area contributed by atoms with Gasteiger partial charge in [0, 0.05) is 18.8 Å². The molecule has 31 heavy (non-hydrogen) atoms. The van der Waals surface area contributed by atoms with Gasteiger partial charge in [0.2, 0.25) is 0 Å². The molecule has 0 bridgehead atoms. The molecule has 0 aliphatic carbocycles. The summed E-state index contributed by atoms with van der Waals surface area (Å²) in [4.78, 5) is 27.2. The Morgan fingerprint density at radius 2 is 1.81 bits per heavy atom. The van der Waals surface area contributed by atoms with E-state index in [-0.39, 0.29) is 12.6 Å². The van der Waals surface area contributed by atoms with Gasteiger partial charge in [-0.05, 0) is 61.1 Å². The van der Waals surface area contributed by atoms with Crippen molar-refractivity contribution < 1.29 is 9.59 Å². The first-order valence-corrected chi connectivity index (χ1v) is 11.3. The van der Waals surface area contributed by atoms with Crippen LogP contribution in [-0.4, -0.2) is 29.0 Å². The summed E-state index contributed by atoms with van der Waals surface area (Å²) in [5.41, 5.74) is 7.71. The summed E-state index contributed by atoms with van der Waals surface area (Å²) >= 11 is 12.0. The highest BCUT2D eigenvalue weighted by Gasteiger charge is 2.46. The lowest BCUT2D eigenvalue weighted by molar-refractivity contribution is -0.130. The number of hydrogen-bond acceptors (Lipinski definition) is 3. The van der Waals surface area contributed by atoms with Crippen LogP contribution in [0.3, 0.4) is 0 Å². The van der Waals surface area contributed by atoms with Gasteiger partial charge in [0.25, 0.3) is 5.91 Å². The number of nitrogens with one attached hydrogen (secondary N) is 2. The number of urea groups is 1. The second-order valence-electron chi connectivity index (χ2n) is 7.84. The number of nitrogens with zero attached hydrogens (tertiary/aromatic N) is 1. The minimum atomic E-state index is -1.40. The van der Waals surface area contributed by atoms with E-state index in [0.717, 1.165) is 24.8 Å². The number of nitrogens with two attached hydrogens (primary N) is 1. The Morgan fingerprint density at radius 3 is 2.48 bits per heavy atom. The third-order valence-corrected chi connectivity index (χ3v) is 6.26. The molecular formula is C23H28Cl2N4O2. The number of amides is 3. The summed E-state index contributed by atoms with van der Waals surface area (Å²) < 4.78 is 0. The zero-order chi connectivity index (χ0) is 22.4. The van der Waals surface area contributed by atoms with Crippen molar-refractivity contribution >= 4 is 40.8 Å². The van der Waals surface area contributed by atoms with E-state index in [4.69, 9.17) is 28.9 Å². The molecule has 166 valence electrons. The van der Waals surface area contributed by atoms with Crippen molar-refractivity contribution in [3.8, 4) is 0 Å². The third kappa shape index (κ3) is 5.70. The summed E-state index contributed by atoms with van der Waals surface area (Å²) in [7, 11) is 0. The number of carbonyl (C=O) groups excluding carboxylic acids is 2. The van der Waals surface area contributed by atoms with Crippen molar-refractivity contribution in [2.24, 2.45) is 5.73 Å². The van der Waals surface area contributed by atoms with Crippen LogP contribution in [0.25, 0.3) is 0 Å². The molecule has 1 aliphatic rings. The maximum Gasteiger partial charge on any atom is 0.323 e. The highest BCUT2D eigenvalue weighted by molar-refractivity contribution is 6.42. The normalized spacial score (nSPS) is 18.1. The average Bonchev–Trinajstić information content (AvgIpc) is 3.17. The van der Waals surface area contributed by atoms with Crippen molar-refractivity contribution in [3.63, 3.8) is 0 Å². The Balaban J connectivity index is 1.61. The number of likely N-dealkylation sites (tertiary alicyclic amines) is 1. The van der Waals surface area contributed by atoms with E-state index in [9.17, 15) is 9.59 Å². The zero-order valence-corrected chi connectivity index (χ0v) is 19.1. The summed E-state index contributed by atoms with van der Waals surface area (Å²) in [6, 6.07) is 12.5. The van der Waals surface area contributed by atoms with Crippen molar-refractivity contribution in [3.05, 3.63) is 63.6 Å². The van der Waals surface area contributed by atoms with Crippen LogP contribution >= 0.6 is 23.2 Å². The van der Waals surface area contributed by atoms with Crippen LogP contribution in [0, 0.1) is 0 Å². The molecule has 4 N–H and O–H groups in total. The lowest BCUT2D eigenvalue weighted by Crippen LogP contribution is -2.64. The molecule has 1 heterocycles. The number of benzene rings is 2. The lowest BCUT2D eigenvalue weighted by atomic mass is 10.1. The van der Waals surface area contributed by atoms with Crippen LogP contribution in [0.15, 0.2) is 42.5 Å². The van der Waals surface area contributed by atoms with Gasteiger partial charge in [-0.15, -0.1) is 0 Å². The zero-order valence-electron chi connectivity index (χ0n) is 17.6. The fraction of sp³-hybridized carbons (Fsp3) is 0.391. The third-order valence-electron chi connectivity index (χ3n) is 5.52. The number of aryl methyl sites for hydroxylation is 1. The van der Waals surface area contributed by atoms with Gasteiger partial charge in [-0.1, -0.05) is 54.7 Å². The minimum absolute atomic E-state index is 0.239. The monoisotopic (exact) mass is 462 g/mol. The largest absolute Gasteiger partial charge is 0.349 e. The molecule has 1 atom stereocenters. The van der Waals surface area contributed by atoms with E-state index in [2.05, 4.69) is 17.6 Å². The molecule has 0 aromatic heterocycles. The number of rotatable bonds is 7. The standard InChI is InChI=1S/C23H28Cl2N4O2/c1-2-3-5-16-6-9-18(10-7-16)28-22(31)29-13-4-12-23(29,26)21(30)27-15-17-8-11-19(24)20(25)14-17/h6-11,14H,2-5,12-13,15,26H2,1H3,(H,27,30)(H,28,31)/t23-/m0/s1. The van der Waals surface area contributed by atoms with Gasteiger partial charge in [0.15, 0.2) is 5.66 Å². The average molecular weight is 463 g/mol. The molecule has 0 radical (unpaired) electrons. The Labute approximate surface area is 193 Å². The molecular weight excluding hydrogens is 435 g/mol. The quantitative estimate of drug-likeness (QED) is 0.544. The summed E-state index contributed by atoms with van der Waals surface area (Å²) in [5.74, 6) is -0.402. The lowest BCUT2D eigenvalue weighted by Gasteiger charge is -2.33. The van der Waals surface area contributed by atoms with Crippen LogP contribution in [0.4, 0.5) is 10.5 Å². The first-order chi connectivity index (χ1) is 14.8. The second-order valence-corrected chi connectivity index (χ2v) is 8.66. The highest BCUT2D eigenvalue weighted by atomic mass is 35.5. The van der Waals surface area contributed by atoms with Crippen LogP contribution in [0.1, 0.15) is 43.7 Å². The van der Waals surface area contributed by atoms with Crippen LogP contribution in [-0.2, 0) is 17.8 Å². The number of halogens is 2. The molecule has 6 nitrogen and oxygen atoms in total. The van der Waals surface area contributed by atoms with Crippen molar-refractivity contribution in [2.75, 3.05) is 11.9 Å². The van der Waals surface area contributed by atoms with E-state index in [1.165, 1.54) is 10.5 Å². The van der Waals surface area contributed by atoms with E-state index in [0.29, 0.717) is 35.1 Å². The predicted octanol–water partition coefficient (Wildman–Crippen LogP) is 4.94. The van der Waals surface area contributed by atoms with E-state index in [1.54, 1.807) is 18.2 Å². The van der Waals surface area contributed by atoms with Crippen LogP contribution in [0.2, 0.25) is 10.0 Å². The molecule has 3 amide bonds. The van der Waals surface area contributed by atoms with E-state index >= 15 is 0 Å². The molecule has 0 unspecified atom stereocenters. The smallest absolute Gasteiger partial charge is 0.323 e. The summed E-state index contributed by atoms with van der Waals surface area (Å²) in [5, 5.41) is 6.54. The predicted molar refractivity (Wildman–Crippen MR) is 125 cm³/mol. The Hall–Kier alpha value is -2.28. The van der Waals surface area contributed by atoms with Gasteiger partial charge in [-0.25, -0.2) is 4.79 Å².